The minimum atomic E-state index is -0.525. The van der Waals surface area contributed by atoms with E-state index in [0.29, 0.717) is 10.7 Å². The normalized spacial score (nSPS) is 16.2. The Hall–Kier alpha value is -2.51. The molecule has 0 spiro atoms. The highest BCUT2D eigenvalue weighted by molar-refractivity contribution is 7.98. The molecule has 0 saturated carbocycles. The number of nitrogens with zero attached hydrogens (tertiary/aromatic N) is 1. The van der Waals surface area contributed by atoms with Crippen LogP contribution in [0.5, 0.6) is 0 Å². The van der Waals surface area contributed by atoms with E-state index in [1.165, 1.54) is 25.3 Å². The standard InChI is InChI=1S/C20H19ClN2O4S/c1-27-20(26)12-3-8-16(21)17(9-12)22-19(25)13-10-18(24)23(11-13)14-4-6-15(28-2)7-5-14/h3-9,13H,10-11H2,1-2H3,(H,22,25). The van der Waals surface area contributed by atoms with Crippen molar-refractivity contribution in [3.05, 3.63) is 53.1 Å². The van der Waals surface area contributed by atoms with E-state index in [9.17, 15) is 14.4 Å². The van der Waals surface area contributed by atoms with Crippen molar-refractivity contribution in [2.24, 2.45) is 5.92 Å². The van der Waals surface area contributed by atoms with Gasteiger partial charge in [-0.3, -0.25) is 9.59 Å². The van der Waals surface area contributed by atoms with Gasteiger partial charge in [0.1, 0.15) is 0 Å². The number of halogens is 1. The third-order valence-corrected chi connectivity index (χ3v) is 5.60. The number of thioether (sulfide) groups is 1. The average Bonchev–Trinajstić information content (AvgIpc) is 3.11. The van der Waals surface area contributed by atoms with Gasteiger partial charge in [0.2, 0.25) is 11.8 Å². The molecule has 2 amide bonds. The van der Waals surface area contributed by atoms with Crippen LogP contribution in [0.3, 0.4) is 0 Å². The molecule has 0 aromatic heterocycles. The van der Waals surface area contributed by atoms with Crippen LogP contribution in [0.15, 0.2) is 47.4 Å². The van der Waals surface area contributed by atoms with Crippen LogP contribution in [0.25, 0.3) is 0 Å². The van der Waals surface area contributed by atoms with E-state index in [-0.39, 0.29) is 30.3 Å². The van der Waals surface area contributed by atoms with E-state index in [1.807, 2.05) is 30.5 Å². The number of esters is 1. The van der Waals surface area contributed by atoms with Gasteiger partial charge in [-0.25, -0.2) is 4.79 Å². The van der Waals surface area contributed by atoms with Gasteiger partial charge in [0.25, 0.3) is 0 Å². The molecule has 146 valence electrons. The molecular weight excluding hydrogens is 400 g/mol. The van der Waals surface area contributed by atoms with Crippen molar-refractivity contribution in [3.8, 4) is 0 Å². The first kappa shape index (κ1) is 20.2. The predicted octanol–water partition coefficient (Wildman–Crippen LogP) is 3.84. The summed E-state index contributed by atoms with van der Waals surface area (Å²) in [7, 11) is 1.28. The first-order valence-corrected chi connectivity index (χ1v) is 10.2. The molecule has 0 aliphatic carbocycles. The Labute approximate surface area is 172 Å². The highest BCUT2D eigenvalue weighted by Gasteiger charge is 2.35. The van der Waals surface area contributed by atoms with Crippen LogP contribution in [-0.2, 0) is 14.3 Å². The van der Waals surface area contributed by atoms with Crippen molar-refractivity contribution in [1.82, 2.24) is 0 Å². The molecule has 2 aromatic carbocycles. The van der Waals surface area contributed by atoms with Crippen molar-refractivity contribution < 1.29 is 19.1 Å². The van der Waals surface area contributed by atoms with E-state index in [0.717, 1.165) is 10.6 Å². The molecule has 1 N–H and O–H groups in total. The summed E-state index contributed by atoms with van der Waals surface area (Å²) in [6, 6.07) is 12.1. The van der Waals surface area contributed by atoms with E-state index in [1.54, 1.807) is 16.7 Å². The highest BCUT2D eigenvalue weighted by Crippen LogP contribution is 2.29. The summed E-state index contributed by atoms with van der Waals surface area (Å²) < 4.78 is 4.68. The van der Waals surface area contributed by atoms with Gasteiger partial charge in [-0.1, -0.05) is 11.6 Å². The highest BCUT2D eigenvalue weighted by atomic mass is 35.5. The number of ether oxygens (including phenoxy) is 1. The number of anilines is 2. The molecule has 2 aromatic rings. The molecule has 0 bridgehead atoms. The number of rotatable bonds is 5. The van der Waals surface area contributed by atoms with Gasteiger partial charge in [-0.15, -0.1) is 11.8 Å². The molecule has 8 heteroatoms. The lowest BCUT2D eigenvalue weighted by atomic mass is 10.1. The maximum absolute atomic E-state index is 12.7. The van der Waals surface area contributed by atoms with Crippen molar-refractivity contribution in [2.45, 2.75) is 11.3 Å². The first-order chi connectivity index (χ1) is 13.4. The van der Waals surface area contributed by atoms with Gasteiger partial charge in [-0.05, 0) is 48.7 Å². The number of benzene rings is 2. The summed E-state index contributed by atoms with van der Waals surface area (Å²) in [5.41, 5.74) is 1.36. The van der Waals surface area contributed by atoms with Gasteiger partial charge < -0.3 is 15.0 Å². The third-order valence-electron chi connectivity index (χ3n) is 4.53. The predicted molar refractivity (Wildman–Crippen MR) is 110 cm³/mol. The second kappa shape index (κ2) is 8.67. The van der Waals surface area contributed by atoms with Crippen LogP contribution in [-0.4, -0.2) is 37.7 Å². The second-order valence-electron chi connectivity index (χ2n) is 6.28. The average molecular weight is 419 g/mol. The SMILES string of the molecule is COC(=O)c1ccc(Cl)c(NC(=O)C2CC(=O)N(c3ccc(SC)cc3)C2)c1. The molecule has 1 unspecified atom stereocenters. The van der Waals surface area contributed by atoms with E-state index in [4.69, 9.17) is 11.6 Å². The summed E-state index contributed by atoms with van der Waals surface area (Å²) in [6.07, 6.45) is 2.10. The molecule has 6 nitrogen and oxygen atoms in total. The van der Waals surface area contributed by atoms with Crippen LogP contribution >= 0.6 is 23.4 Å². The summed E-state index contributed by atoms with van der Waals surface area (Å²) in [4.78, 5) is 39.5. The van der Waals surface area contributed by atoms with E-state index in [2.05, 4.69) is 10.1 Å². The Kier molecular flexibility index (Phi) is 6.26. The zero-order valence-electron chi connectivity index (χ0n) is 15.4. The Morgan fingerprint density at radius 3 is 2.57 bits per heavy atom. The fraction of sp³-hybridized carbons (Fsp3) is 0.250. The number of hydrogen-bond donors (Lipinski definition) is 1. The Morgan fingerprint density at radius 2 is 1.93 bits per heavy atom. The molecule has 1 saturated heterocycles. The van der Waals surface area contributed by atoms with Crippen LogP contribution in [0.1, 0.15) is 16.8 Å². The van der Waals surface area contributed by atoms with E-state index >= 15 is 0 Å². The molecule has 1 heterocycles. The van der Waals surface area contributed by atoms with Gasteiger partial charge in [0.05, 0.1) is 29.3 Å². The number of amides is 2. The maximum Gasteiger partial charge on any atom is 0.337 e. The van der Waals surface area contributed by atoms with Gasteiger partial charge in [0, 0.05) is 23.5 Å². The summed E-state index contributed by atoms with van der Waals surface area (Å²) in [5, 5.41) is 3.02. The largest absolute Gasteiger partial charge is 0.465 e. The fourth-order valence-electron chi connectivity index (χ4n) is 3.00. The topological polar surface area (TPSA) is 75.7 Å². The number of methoxy groups -OCH3 is 1. The number of hydrogen-bond acceptors (Lipinski definition) is 5. The first-order valence-electron chi connectivity index (χ1n) is 8.56. The van der Waals surface area contributed by atoms with Crippen molar-refractivity contribution in [2.75, 3.05) is 30.1 Å². The van der Waals surface area contributed by atoms with E-state index < -0.39 is 11.9 Å². The van der Waals surface area contributed by atoms with Crippen LogP contribution in [0, 0.1) is 5.92 Å². The molecule has 28 heavy (non-hydrogen) atoms. The number of carbonyl (C=O) groups excluding carboxylic acids is 3. The molecule has 1 atom stereocenters. The van der Waals surface area contributed by atoms with Crippen LogP contribution < -0.4 is 10.2 Å². The zero-order valence-corrected chi connectivity index (χ0v) is 17.0. The Bertz CT molecular complexity index is 917. The molecule has 1 aliphatic heterocycles. The van der Waals surface area contributed by atoms with Crippen molar-refractivity contribution in [3.63, 3.8) is 0 Å². The second-order valence-corrected chi connectivity index (χ2v) is 7.57. The van der Waals surface area contributed by atoms with Crippen molar-refractivity contribution >= 4 is 52.5 Å². The van der Waals surface area contributed by atoms with Crippen LogP contribution in [0.2, 0.25) is 5.02 Å². The molecule has 0 radical (unpaired) electrons. The smallest absolute Gasteiger partial charge is 0.337 e. The number of carbonyl (C=O) groups is 3. The molecule has 3 rings (SSSR count). The maximum atomic E-state index is 12.7. The Morgan fingerprint density at radius 1 is 1.21 bits per heavy atom. The number of nitrogens with one attached hydrogen (secondary N) is 1. The summed E-state index contributed by atoms with van der Waals surface area (Å²) in [5.74, 6) is -1.46. The van der Waals surface area contributed by atoms with Crippen molar-refractivity contribution in [1.29, 1.82) is 0 Å². The minimum Gasteiger partial charge on any atom is -0.465 e. The lowest BCUT2D eigenvalue weighted by molar-refractivity contribution is -0.122. The lowest BCUT2D eigenvalue weighted by Crippen LogP contribution is -2.28. The lowest BCUT2D eigenvalue weighted by Gasteiger charge is -2.17. The fourth-order valence-corrected chi connectivity index (χ4v) is 3.57. The summed E-state index contributed by atoms with van der Waals surface area (Å²) >= 11 is 7.75. The van der Waals surface area contributed by atoms with Gasteiger partial charge in [0.15, 0.2) is 0 Å². The minimum absolute atomic E-state index is 0.105. The molecule has 1 fully saturated rings. The van der Waals surface area contributed by atoms with Gasteiger partial charge in [-0.2, -0.15) is 0 Å². The molecular formula is C20H19ClN2O4S. The third kappa shape index (κ3) is 4.31. The zero-order chi connectivity index (χ0) is 20.3. The summed E-state index contributed by atoms with van der Waals surface area (Å²) in [6.45, 7) is 0.289. The molecule has 1 aliphatic rings. The quantitative estimate of drug-likeness (QED) is 0.589. The van der Waals surface area contributed by atoms with Crippen LogP contribution in [0.4, 0.5) is 11.4 Å². The Balaban J connectivity index is 1.72. The monoisotopic (exact) mass is 418 g/mol. The van der Waals surface area contributed by atoms with Gasteiger partial charge >= 0.3 is 5.97 Å².